The maximum absolute atomic E-state index is 13.0. The molecule has 0 aliphatic heterocycles. The number of hydrogen-bond acceptors (Lipinski definition) is 7. The van der Waals surface area contributed by atoms with Crippen molar-refractivity contribution in [3.63, 3.8) is 0 Å². The van der Waals surface area contributed by atoms with Crippen LogP contribution < -0.4 is 15.6 Å². The van der Waals surface area contributed by atoms with E-state index in [4.69, 9.17) is 0 Å². The number of carbonyl (C=O) groups excluding carboxylic acids is 1. The monoisotopic (exact) mass is 480 g/mol. The van der Waals surface area contributed by atoms with Crippen molar-refractivity contribution in [2.45, 2.75) is 19.3 Å². The number of nitrogens with zero attached hydrogens (tertiary/aromatic N) is 3. The van der Waals surface area contributed by atoms with Gasteiger partial charge in [0.2, 0.25) is 11.8 Å². The van der Waals surface area contributed by atoms with E-state index in [0.29, 0.717) is 15.8 Å². The van der Waals surface area contributed by atoms with Crippen molar-refractivity contribution in [1.82, 2.24) is 19.9 Å². The number of amides is 1. The van der Waals surface area contributed by atoms with Gasteiger partial charge in [0.1, 0.15) is 11.4 Å². The summed E-state index contributed by atoms with van der Waals surface area (Å²) in [5, 5.41) is 6.89. The lowest BCUT2D eigenvalue weighted by molar-refractivity contribution is -0.154. The van der Waals surface area contributed by atoms with Crippen molar-refractivity contribution in [3.8, 4) is 16.3 Å². The summed E-state index contributed by atoms with van der Waals surface area (Å²) in [6, 6.07) is 6.66. The van der Waals surface area contributed by atoms with E-state index in [1.807, 2.05) is 22.9 Å². The van der Waals surface area contributed by atoms with Gasteiger partial charge >= 0.3 is 6.18 Å². The molecule has 0 aliphatic carbocycles. The molecule has 4 aromatic rings. The van der Waals surface area contributed by atoms with Crippen LogP contribution in [0, 0.1) is 0 Å². The average Bonchev–Trinajstić information content (AvgIpc) is 3.42. The summed E-state index contributed by atoms with van der Waals surface area (Å²) in [4.78, 5) is 34.9. The number of alkyl halides is 3. The van der Waals surface area contributed by atoms with Crippen LogP contribution in [0.4, 0.5) is 13.2 Å². The lowest BCUT2D eigenvalue weighted by atomic mass is 10.2. The van der Waals surface area contributed by atoms with E-state index in [1.165, 1.54) is 45.8 Å². The summed E-state index contributed by atoms with van der Waals surface area (Å²) in [5.41, 5.74) is 0.973. The molecular formula is C20H15F3N4O3S2. The van der Waals surface area contributed by atoms with Gasteiger partial charge < -0.3 is 10.1 Å². The minimum atomic E-state index is -4.47. The normalized spacial score (nSPS) is 11.6. The number of fused-ring (bicyclic) bond motifs is 1. The van der Waals surface area contributed by atoms with Gasteiger partial charge in [-0.3, -0.25) is 14.2 Å². The van der Waals surface area contributed by atoms with E-state index in [-0.39, 0.29) is 24.5 Å². The first-order valence-electron chi connectivity index (χ1n) is 9.22. The molecule has 0 fully saturated rings. The molecule has 4 heterocycles. The van der Waals surface area contributed by atoms with E-state index >= 15 is 0 Å². The fourth-order valence-electron chi connectivity index (χ4n) is 2.90. The maximum Gasteiger partial charge on any atom is 0.422 e. The van der Waals surface area contributed by atoms with E-state index in [9.17, 15) is 22.8 Å². The highest BCUT2D eigenvalue weighted by Crippen LogP contribution is 2.33. The molecular weight excluding hydrogens is 465 g/mol. The Morgan fingerprint density at radius 1 is 1.22 bits per heavy atom. The molecule has 0 aliphatic rings. The number of rotatable bonds is 7. The summed E-state index contributed by atoms with van der Waals surface area (Å²) < 4.78 is 42.7. The number of nitrogens with one attached hydrogen (secondary N) is 1. The highest BCUT2D eigenvalue weighted by Gasteiger charge is 2.28. The Morgan fingerprint density at radius 2 is 2.06 bits per heavy atom. The molecule has 4 rings (SSSR count). The molecule has 0 radical (unpaired) electrons. The Kier molecular flexibility index (Phi) is 6.24. The van der Waals surface area contributed by atoms with E-state index in [0.717, 1.165) is 10.4 Å². The average molecular weight is 480 g/mol. The Bertz CT molecular complexity index is 1300. The Hall–Kier alpha value is -3.25. The van der Waals surface area contributed by atoms with E-state index in [2.05, 4.69) is 20.0 Å². The molecule has 1 N–H and O–H groups in total. The van der Waals surface area contributed by atoms with Crippen molar-refractivity contribution in [2.24, 2.45) is 0 Å². The molecule has 0 spiro atoms. The number of pyridine rings is 1. The summed E-state index contributed by atoms with van der Waals surface area (Å²) in [7, 11) is 0. The van der Waals surface area contributed by atoms with Gasteiger partial charge in [-0.2, -0.15) is 13.2 Å². The van der Waals surface area contributed by atoms with Gasteiger partial charge in [-0.1, -0.05) is 6.07 Å². The summed E-state index contributed by atoms with van der Waals surface area (Å²) in [6.07, 6.45) is -1.85. The molecule has 1 amide bonds. The predicted octanol–water partition coefficient (Wildman–Crippen LogP) is 3.84. The van der Waals surface area contributed by atoms with Crippen LogP contribution >= 0.6 is 22.7 Å². The van der Waals surface area contributed by atoms with Gasteiger partial charge in [-0.15, -0.1) is 22.7 Å². The quantitative estimate of drug-likeness (QED) is 0.435. The zero-order valence-electron chi connectivity index (χ0n) is 16.3. The fraction of sp³-hybridized carbons (Fsp3) is 0.200. The minimum absolute atomic E-state index is 0.0348. The topological polar surface area (TPSA) is 86.1 Å². The highest BCUT2D eigenvalue weighted by atomic mass is 32.1. The summed E-state index contributed by atoms with van der Waals surface area (Å²) >= 11 is 2.87. The first-order valence-corrected chi connectivity index (χ1v) is 11.0. The van der Waals surface area contributed by atoms with Crippen LogP contribution in [0.25, 0.3) is 20.7 Å². The Balaban J connectivity index is 1.43. The molecule has 166 valence electrons. The van der Waals surface area contributed by atoms with Crippen LogP contribution in [0.2, 0.25) is 0 Å². The first-order chi connectivity index (χ1) is 15.3. The van der Waals surface area contributed by atoms with Gasteiger partial charge in [-0.25, -0.2) is 9.97 Å². The number of hydrogen-bond donors (Lipinski definition) is 1. The minimum Gasteiger partial charge on any atom is -0.468 e. The Labute approximate surface area is 187 Å². The van der Waals surface area contributed by atoms with Gasteiger partial charge in [0, 0.05) is 34.6 Å². The summed E-state index contributed by atoms with van der Waals surface area (Å²) in [6.45, 7) is -1.67. The van der Waals surface area contributed by atoms with E-state index < -0.39 is 18.7 Å². The SMILES string of the molecule is O=C(Cn1cnc2scc(-c3cccs3)c2c1=O)NCc1ccnc(OCC(F)(F)F)c1. The van der Waals surface area contributed by atoms with E-state index in [1.54, 1.807) is 6.07 Å². The fourth-order valence-corrected chi connectivity index (χ4v) is 4.62. The van der Waals surface area contributed by atoms with Crippen molar-refractivity contribution in [3.05, 3.63) is 63.5 Å². The second-order valence-electron chi connectivity index (χ2n) is 6.67. The number of ether oxygens (including phenoxy) is 1. The standard InChI is InChI=1S/C20H15F3N4O3S2/c21-20(22,23)10-30-16-6-12(3-4-24-16)7-25-15(28)8-27-11-26-18-17(19(27)29)13(9-32-18)14-2-1-5-31-14/h1-6,9,11H,7-8,10H2,(H,25,28). The molecule has 0 bridgehead atoms. The predicted molar refractivity (Wildman–Crippen MR) is 115 cm³/mol. The second kappa shape index (κ2) is 9.09. The van der Waals surface area contributed by atoms with Crippen molar-refractivity contribution >= 4 is 38.8 Å². The van der Waals surface area contributed by atoms with Crippen LogP contribution in [0.1, 0.15) is 5.56 Å². The summed E-state index contributed by atoms with van der Waals surface area (Å²) in [5.74, 6) is -0.644. The molecule has 0 saturated carbocycles. The van der Waals surface area contributed by atoms with Crippen molar-refractivity contribution < 1.29 is 22.7 Å². The molecule has 0 atom stereocenters. The molecule has 0 saturated heterocycles. The van der Waals surface area contributed by atoms with Crippen LogP contribution in [0.3, 0.4) is 0 Å². The van der Waals surface area contributed by atoms with Crippen molar-refractivity contribution in [2.75, 3.05) is 6.61 Å². The second-order valence-corrected chi connectivity index (χ2v) is 8.47. The lowest BCUT2D eigenvalue weighted by Crippen LogP contribution is -2.32. The zero-order valence-corrected chi connectivity index (χ0v) is 17.9. The van der Waals surface area contributed by atoms with Gasteiger partial charge in [0.15, 0.2) is 6.61 Å². The van der Waals surface area contributed by atoms with Gasteiger partial charge in [-0.05, 0) is 23.1 Å². The van der Waals surface area contributed by atoms with Crippen LogP contribution in [0.15, 0.2) is 52.3 Å². The number of aromatic nitrogens is 3. The smallest absolute Gasteiger partial charge is 0.422 e. The molecule has 4 aromatic heterocycles. The molecule has 0 unspecified atom stereocenters. The highest BCUT2D eigenvalue weighted by molar-refractivity contribution is 7.18. The van der Waals surface area contributed by atoms with Gasteiger partial charge in [0.05, 0.1) is 11.7 Å². The third-order valence-corrected chi connectivity index (χ3v) is 6.12. The molecule has 7 nitrogen and oxygen atoms in total. The van der Waals surface area contributed by atoms with Crippen molar-refractivity contribution in [1.29, 1.82) is 0 Å². The zero-order chi connectivity index (χ0) is 22.7. The lowest BCUT2D eigenvalue weighted by Gasteiger charge is -2.10. The third-order valence-electron chi connectivity index (χ3n) is 4.33. The molecule has 32 heavy (non-hydrogen) atoms. The first kappa shape index (κ1) is 22.0. The third kappa shape index (κ3) is 5.14. The number of halogens is 3. The van der Waals surface area contributed by atoms with Crippen LogP contribution in [-0.4, -0.2) is 33.2 Å². The Morgan fingerprint density at radius 3 is 2.81 bits per heavy atom. The maximum atomic E-state index is 13.0. The molecule has 0 aromatic carbocycles. The van der Waals surface area contributed by atoms with Crippen LogP contribution in [0.5, 0.6) is 5.88 Å². The number of thiophene rings is 2. The molecule has 12 heteroatoms. The number of carbonyl (C=O) groups is 1. The largest absolute Gasteiger partial charge is 0.468 e. The van der Waals surface area contributed by atoms with Crippen LogP contribution in [-0.2, 0) is 17.9 Å². The van der Waals surface area contributed by atoms with Gasteiger partial charge in [0.25, 0.3) is 5.56 Å².